The molecular weight excluding hydrogens is 332 g/mol. The van der Waals surface area contributed by atoms with Crippen molar-refractivity contribution in [1.82, 2.24) is 5.43 Å². The van der Waals surface area contributed by atoms with Crippen LogP contribution in [0.4, 0.5) is 0 Å². The van der Waals surface area contributed by atoms with Crippen LogP contribution in [0, 0.1) is 0 Å². The minimum absolute atomic E-state index is 0.0545. The van der Waals surface area contributed by atoms with Gasteiger partial charge in [-0.3, -0.25) is 4.79 Å². The molecule has 0 saturated heterocycles. The van der Waals surface area contributed by atoms with Crippen LogP contribution in [0.1, 0.15) is 12.5 Å². The third kappa shape index (κ3) is 4.10. The lowest BCUT2D eigenvalue weighted by Gasteiger charge is -2.13. The van der Waals surface area contributed by atoms with Crippen LogP contribution in [0.25, 0.3) is 10.8 Å². The zero-order chi connectivity index (χ0) is 18.5. The van der Waals surface area contributed by atoms with Gasteiger partial charge < -0.3 is 14.9 Å². The van der Waals surface area contributed by atoms with Crippen LogP contribution < -0.4 is 10.2 Å². The molecule has 6 nitrogen and oxygen atoms in total. The largest absolute Gasteiger partial charge is 0.508 e. The third-order valence-electron chi connectivity index (χ3n) is 3.80. The number of phenolic OH excluding ortho intramolecular Hbond substituents is 2. The molecule has 26 heavy (non-hydrogen) atoms. The lowest BCUT2D eigenvalue weighted by atomic mass is 10.1. The van der Waals surface area contributed by atoms with Crippen molar-refractivity contribution in [3.8, 4) is 17.2 Å². The van der Waals surface area contributed by atoms with Gasteiger partial charge >= 0.3 is 0 Å². The van der Waals surface area contributed by atoms with E-state index < -0.39 is 12.0 Å². The zero-order valence-electron chi connectivity index (χ0n) is 14.1. The van der Waals surface area contributed by atoms with Gasteiger partial charge in [-0.05, 0) is 42.0 Å². The number of hydrazone groups is 1. The number of phenols is 2. The van der Waals surface area contributed by atoms with E-state index in [-0.39, 0.29) is 11.5 Å². The van der Waals surface area contributed by atoms with Crippen molar-refractivity contribution in [2.45, 2.75) is 13.0 Å². The molecule has 0 saturated carbocycles. The lowest BCUT2D eigenvalue weighted by molar-refractivity contribution is -0.127. The Bertz CT molecular complexity index is 969. The van der Waals surface area contributed by atoms with Crippen molar-refractivity contribution in [2.24, 2.45) is 5.10 Å². The normalized spacial score (nSPS) is 12.2. The number of nitrogens with one attached hydrogen (secondary N) is 1. The summed E-state index contributed by atoms with van der Waals surface area (Å²) in [5.74, 6) is -0.0243. The van der Waals surface area contributed by atoms with E-state index >= 15 is 0 Å². The Kier molecular flexibility index (Phi) is 5.03. The van der Waals surface area contributed by atoms with Crippen molar-refractivity contribution in [3.05, 3.63) is 66.2 Å². The molecule has 6 heteroatoms. The Morgan fingerprint density at radius 3 is 2.62 bits per heavy atom. The molecule has 0 heterocycles. The molecule has 1 amide bonds. The van der Waals surface area contributed by atoms with Gasteiger partial charge in [0.15, 0.2) is 6.10 Å². The van der Waals surface area contributed by atoms with E-state index in [2.05, 4.69) is 10.5 Å². The average Bonchev–Trinajstić information content (AvgIpc) is 2.63. The highest BCUT2D eigenvalue weighted by molar-refractivity contribution is 5.87. The van der Waals surface area contributed by atoms with Gasteiger partial charge in [0.25, 0.3) is 5.91 Å². The van der Waals surface area contributed by atoms with E-state index in [0.29, 0.717) is 11.3 Å². The maximum absolute atomic E-state index is 12.1. The monoisotopic (exact) mass is 350 g/mol. The van der Waals surface area contributed by atoms with Crippen LogP contribution >= 0.6 is 0 Å². The molecule has 0 aliphatic heterocycles. The average molecular weight is 350 g/mol. The first-order valence-corrected chi connectivity index (χ1v) is 8.03. The van der Waals surface area contributed by atoms with E-state index in [9.17, 15) is 15.0 Å². The van der Waals surface area contributed by atoms with Gasteiger partial charge in [0.05, 0.1) is 6.21 Å². The van der Waals surface area contributed by atoms with E-state index in [1.807, 2.05) is 42.5 Å². The van der Waals surface area contributed by atoms with Crippen LogP contribution in [-0.4, -0.2) is 28.4 Å². The second kappa shape index (κ2) is 7.57. The molecular formula is C20H18N2O4. The number of nitrogens with zero attached hydrogens (tertiary/aromatic N) is 1. The second-order valence-electron chi connectivity index (χ2n) is 5.75. The van der Waals surface area contributed by atoms with Crippen LogP contribution in [0.15, 0.2) is 65.8 Å². The Morgan fingerprint density at radius 2 is 1.85 bits per heavy atom. The van der Waals surface area contributed by atoms with E-state index in [0.717, 1.165) is 10.8 Å². The Labute approximate surface area is 150 Å². The summed E-state index contributed by atoms with van der Waals surface area (Å²) in [7, 11) is 0. The molecule has 132 valence electrons. The predicted octanol–water partition coefficient (Wildman–Crippen LogP) is 3.17. The molecule has 3 N–H and O–H groups in total. The lowest BCUT2D eigenvalue weighted by Crippen LogP contribution is -2.33. The summed E-state index contributed by atoms with van der Waals surface area (Å²) in [6.07, 6.45) is 0.539. The van der Waals surface area contributed by atoms with Crippen molar-refractivity contribution in [1.29, 1.82) is 0 Å². The number of fused-ring (bicyclic) bond motifs is 1. The number of hydrogen-bond acceptors (Lipinski definition) is 5. The summed E-state index contributed by atoms with van der Waals surface area (Å²) in [4.78, 5) is 12.1. The molecule has 1 unspecified atom stereocenters. The molecule has 1 atom stereocenters. The van der Waals surface area contributed by atoms with Gasteiger partial charge in [-0.1, -0.05) is 30.3 Å². The first kappa shape index (κ1) is 17.3. The highest BCUT2D eigenvalue weighted by Gasteiger charge is 2.14. The Hall–Kier alpha value is -3.54. The number of rotatable bonds is 5. The topological polar surface area (TPSA) is 91.2 Å². The number of carbonyl (C=O) groups excluding carboxylic acids is 1. The number of carbonyl (C=O) groups is 1. The minimum atomic E-state index is -0.748. The smallest absolute Gasteiger partial charge is 0.280 e. The van der Waals surface area contributed by atoms with Gasteiger partial charge in [-0.25, -0.2) is 5.43 Å². The predicted molar refractivity (Wildman–Crippen MR) is 99.5 cm³/mol. The van der Waals surface area contributed by atoms with Crippen LogP contribution in [0.2, 0.25) is 0 Å². The summed E-state index contributed by atoms with van der Waals surface area (Å²) in [6, 6.07) is 17.6. The molecule has 0 aromatic heterocycles. The molecule has 0 spiro atoms. The van der Waals surface area contributed by atoms with Crippen molar-refractivity contribution >= 4 is 22.9 Å². The standard InChI is InChI=1S/C20H18N2O4/c1-13(26-18-9-7-14-4-2-3-5-15(14)10-18)20(25)22-21-12-16-6-8-17(23)11-19(16)24/h2-13,23-24H,1H3,(H,22,25)/b21-12+. The first-order chi connectivity index (χ1) is 12.5. The van der Waals surface area contributed by atoms with Crippen molar-refractivity contribution in [3.63, 3.8) is 0 Å². The molecule has 3 aromatic carbocycles. The van der Waals surface area contributed by atoms with Crippen molar-refractivity contribution < 1.29 is 19.7 Å². The number of amides is 1. The van der Waals surface area contributed by atoms with Crippen LogP contribution in [0.3, 0.4) is 0 Å². The minimum Gasteiger partial charge on any atom is -0.508 e. The SMILES string of the molecule is CC(Oc1ccc2ccccc2c1)C(=O)N/N=C/c1ccc(O)cc1O. The fraction of sp³-hybridized carbons (Fsp3) is 0.100. The summed E-state index contributed by atoms with van der Waals surface area (Å²) in [6.45, 7) is 1.62. The first-order valence-electron chi connectivity index (χ1n) is 8.03. The number of benzene rings is 3. The summed E-state index contributed by atoms with van der Waals surface area (Å²) in [5, 5.41) is 24.8. The van der Waals surface area contributed by atoms with Gasteiger partial charge in [-0.2, -0.15) is 5.10 Å². The fourth-order valence-corrected chi connectivity index (χ4v) is 2.40. The van der Waals surface area contributed by atoms with E-state index in [1.165, 1.54) is 24.4 Å². The van der Waals surface area contributed by atoms with Crippen molar-refractivity contribution in [2.75, 3.05) is 0 Å². The maximum Gasteiger partial charge on any atom is 0.280 e. The van der Waals surface area contributed by atoms with Gasteiger partial charge in [0, 0.05) is 11.6 Å². The molecule has 0 aliphatic rings. The molecule has 0 fully saturated rings. The van der Waals surface area contributed by atoms with Crippen LogP contribution in [0.5, 0.6) is 17.2 Å². The maximum atomic E-state index is 12.1. The fourth-order valence-electron chi connectivity index (χ4n) is 2.40. The van der Waals surface area contributed by atoms with Crippen LogP contribution in [-0.2, 0) is 4.79 Å². The summed E-state index contributed by atoms with van der Waals surface area (Å²) >= 11 is 0. The number of hydrogen-bond donors (Lipinski definition) is 3. The third-order valence-corrected chi connectivity index (χ3v) is 3.80. The quantitative estimate of drug-likeness (QED) is 0.487. The van der Waals surface area contributed by atoms with E-state index in [4.69, 9.17) is 4.74 Å². The summed E-state index contributed by atoms with van der Waals surface area (Å²) in [5.41, 5.74) is 2.73. The van der Waals surface area contributed by atoms with E-state index in [1.54, 1.807) is 6.92 Å². The number of aromatic hydroxyl groups is 2. The Morgan fingerprint density at radius 1 is 1.08 bits per heavy atom. The second-order valence-corrected chi connectivity index (χ2v) is 5.75. The molecule has 3 rings (SSSR count). The Balaban J connectivity index is 1.60. The molecule has 3 aromatic rings. The highest BCUT2D eigenvalue weighted by atomic mass is 16.5. The molecule has 0 aliphatic carbocycles. The molecule has 0 radical (unpaired) electrons. The number of ether oxygens (including phenoxy) is 1. The zero-order valence-corrected chi connectivity index (χ0v) is 14.1. The van der Waals surface area contributed by atoms with Gasteiger partial charge in [-0.15, -0.1) is 0 Å². The summed E-state index contributed by atoms with van der Waals surface area (Å²) < 4.78 is 5.66. The van der Waals surface area contributed by atoms with Gasteiger partial charge in [0.2, 0.25) is 0 Å². The highest BCUT2D eigenvalue weighted by Crippen LogP contribution is 2.22. The molecule has 0 bridgehead atoms. The van der Waals surface area contributed by atoms with Gasteiger partial charge in [0.1, 0.15) is 17.2 Å².